The lowest BCUT2D eigenvalue weighted by Gasteiger charge is -2.69. The Morgan fingerprint density at radius 1 is 1.11 bits per heavy atom. The number of nitrogens with one attached hydrogen (secondary N) is 1. The monoisotopic (exact) mass is 513 g/mol. The minimum absolute atomic E-state index is 0.743. The quantitative estimate of drug-likeness (QED) is 0.0657. The van der Waals surface area contributed by atoms with Crippen molar-refractivity contribution in [3.05, 3.63) is 0 Å². The summed E-state index contributed by atoms with van der Waals surface area (Å²) in [6.07, 6.45) is -13.6. The molecule has 3 saturated heterocycles. The summed E-state index contributed by atoms with van der Waals surface area (Å²) < 4.78 is 21.5. The largest absolute Gasteiger partial charge is 0.394 e. The molecular weight excluding hydrogens is 478 g/mol. The zero-order valence-corrected chi connectivity index (χ0v) is 19.2. The van der Waals surface area contributed by atoms with Gasteiger partial charge in [0, 0.05) is 0 Å². The molecule has 0 amide bonds. The number of nitrogens with zero attached hydrogens (tertiary/aromatic N) is 1. The fraction of sp³-hybridized carbons (Fsp3) is 0.947. The molecule has 204 valence electrons. The van der Waals surface area contributed by atoms with Gasteiger partial charge in [0.15, 0.2) is 12.4 Å². The third kappa shape index (κ3) is 4.36. The van der Waals surface area contributed by atoms with E-state index in [1.807, 2.05) is 0 Å². The zero-order valence-electron chi connectivity index (χ0n) is 19.2. The zero-order chi connectivity index (χ0) is 26.3. The van der Waals surface area contributed by atoms with Crippen LogP contribution < -0.4 is 11.1 Å². The van der Waals surface area contributed by atoms with E-state index in [9.17, 15) is 46.0 Å². The number of nitrogens with two attached hydrogens (primary N) is 1. The molecule has 16 heteroatoms. The van der Waals surface area contributed by atoms with E-state index >= 15 is 0 Å². The first-order valence-electron chi connectivity index (χ1n) is 11.0. The van der Waals surface area contributed by atoms with E-state index in [0.29, 0.717) is 0 Å². The molecule has 16 nitrogen and oxygen atoms in total. The van der Waals surface area contributed by atoms with Gasteiger partial charge in [-0.25, -0.2) is 0 Å². The molecule has 0 spiro atoms. The number of aliphatic hydroxyl groups excluding tert-OH is 7. The number of hydrogen-bond donors (Lipinski definition) is 11. The van der Waals surface area contributed by atoms with Crippen molar-refractivity contribution in [2.75, 3.05) is 26.9 Å². The SMILES string of the molecule is CNC(O)C1C2OC3(O)OC(C(O)C1(N=CN)C3O)C2(O)COC(CO)OC(CO)C(O)C(C)O. The summed E-state index contributed by atoms with van der Waals surface area (Å²) in [7, 11) is 1.35. The molecule has 4 bridgehead atoms. The van der Waals surface area contributed by atoms with Gasteiger partial charge in [0.2, 0.25) is 0 Å². The second kappa shape index (κ2) is 10.3. The van der Waals surface area contributed by atoms with Crippen LogP contribution in [-0.4, -0.2) is 152 Å². The predicted octanol–water partition coefficient (Wildman–Crippen LogP) is -6.77. The van der Waals surface area contributed by atoms with Gasteiger partial charge in [0.1, 0.15) is 47.9 Å². The van der Waals surface area contributed by atoms with E-state index in [1.165, 1.54) is 14.0 Å². The molecule has 0 aromatic heterocycles. The topological polar surface area (TPSA) is 269 Å². The normalized spacial score (nSPS) is 44.9. The van der Waals surface area contributed by atoms with Crippen LogP contribution in [0, 0.1) is 5.92 Å². The average molecular weight is 513 g/mol. The fourth-order valence-electron chi connectivity index (χ4n) is 5.15. The van der Waals surface area contributed by atoms with Gasteiger partial charge in [0.05, 0.1) is 38.2 Å². The lowest BCUT2D eigenvalue weighted by Crippen LogP contribution is -2.91. The Bertz CT molecular complexity index is 764. The third-order valence-corrected chi connectivity index (χ3v) is 6.95. The minimum Gasteiger partial charge on any atom is -0.394 e. The van der Waals surface area contributed by atoms with Gasteiger partial charge in [-0.05, 0) is 14.0 Å². The molecule has 4 aliphatic rings. The number of rotatable bonds is 12. The van der Waals surface area contributed by atoms with Gasteiger partial charge >= 0.3 is 5.97 Å². The van der Waals surface area contributed by atoms with Crippen LogP contribution in [0.2, 0.25) is 0 Å². The molecule has 4 fully saturated rings. The molecule has 13 unspecified atom stereocenters. The Labute approximate surface area is 200 Å². The van der Waals surface area contributed by atoms with Crippen molar-refractivity contribution < 1.29 is 64.9 Å². The molecule has 4 rings (SSSR count). The van der Waals surface area contributed by atoms with Crippen LogP contribution in [0.4, 0.5) is 0 Å². The highest BCUT2D eigenvalue weighted by atomic mass is 16.9. The first kappa shape index (κ1) is 28.5. The molecule has 1 saturated carbocycles. The van der Waals surface area contributed by atoms with E-state index in [1.54, 1.807) is 0 Å². The summed E-state index contributed by atoms with van der Waals surface area (Å²) in [5, 5.41) is 96.0. The Hall–Kier alpha value is -1.09. The number of ether oxygens (including phenoxy) is 4. The van der Waals surface area contributed by atoms with Crippen LogP contribution in [0.15, 0.2) is 4.99 Å². The van der Waals surface area contributed by atoms with Crippen LogP contribution in [0.5, 0.6) is 0 Å². The second-order valence-electron chi connectivity index (χ2n) is 8.98. The van der Waals surface area contributed by atoms with Crippen LogP contribution in [0.3, 0.4) is 0 Å². The van der Waals surface area contributed by atoms with E-state index in [-0.39, 0.29) is 0 Å². The van der Waals surface area contributed by atoms with E-state index in [0.717, 1.165) is 6.34 Å². The molecule has 3 heterocycles. The van der Waals surface area contributed by atoms with Crippen LogP contribution in [0.25, 0.3) is 0 Å². The Morgan fingerprint density at radius 2 is 1.74 bits per heavy atom. The molecule has 0 aromatic rings. The highest BCUT2D eigenvalue weighted by molar-refractivity contribution is 5.53. The molecule has 1 aliphatic carbocycles. The Kier molecular flexibility index (Phi) is 8.42. The fourth-order valence-corrected chi connectivity index (χ4v) is 5.15. The van der Waals surface area contributed by atoms with Crippen LogP contribution in [0.1, 0.15) is 6.92 Å². The van der Waals surface area contributed by atoms with Gasteiger partial charge in [-0.15, -0.1) is 0 Å². The highest BCUT2D eigenvalue weighted by Crippen LogP contribution is 2.59. The van der Waals surface area contributed by atoms with Gasteiger partial charge in [-0.2, -0.15) is 0 Å². The second-order valence-corrected chi connectivity index (χ2v) is 8.98. The van der Waals surface area contributed by atoms with Crippen molar-refractivity contribution in [1.82, 2.24) is 5.32 Å². The molecule has 3 aliphatic heterocycles. The predicted molar refractivity (Wildman–Crippen MR) is 112 cm³/mol. The number of aliphatic imine (C=N–C) groups is 1. The molecule has 0 aromatic carbocycles. The number of hydrogen-bond acceptors (Lipinski definition) is 15. The van der Waals surface area contributed by atoms with Crippen molar-refractivity contribution in [3.63, 3.8) is 0 Å². The maximum atomic E-state index is 11.6. The van der Waals surface area contributed by atoms with Gasteiger partial charge in [-0.1, -0.05) is 0 Å². The van der Waals surface area contributed by atoms with Gasteiger partial charge in [0.25, 0.3) is 0 Å². The average Bonchev–Trinajstić information content (AvgIpc) is 2.82. The summed E-state index contributed by atoms with van der Waals surface area (Å²) >= 11 is 0. The van der Waals surface area contributed by atoms with E-state index in [4.69, 9.17) is 24.7 Å². The summed E-state index contributed by atoms with van der Waals surface area (Å²) in [4.78, 5) is 3.97. The smallest absolute Gasteiger partial charge is 0.311 e. The Balaban J connectivity index is 1.91. The van der Waals surface area contributed by atoms with E-state index < -0.39 is 98.1 Å². The molecular formula is C19H35N3O13. The lowest BCUT2D eigenvalue weighted by molar-refractivity contribution is -0.547. The maximum Gasteiger partial charge on any atom is 0.311 e. The third-order valence-electron chi connectivity index (χ3n) is 6.95. The van der Waals surface area contributed by atoms with Crippen molar-refractivity contribution in [3.8, 4) is 0 Å². The summed E-state index contributed by atoms with van der Waals surface area (Å²) in [5.41, 5.74) is 1.08. The molecule has 35 heavy (non-hydrogen) atoms. The first-order chi connectivity index (χ1) is 16.4. The standard InChI is InChI=1S/C19H35N3O13/c1-7(25)11(26)8(3-23)33-9(4-24)32-5-17(30)13-10(15(28)21-2)18(22-6-20)12(27)14(17)35-19(31,34-13)16(18)29/h6-16,21,23-31H,3-5H2,1-2H3,(H2,20,22). The highest BCUT2D eigenvalue weighted by Gasteiger charge is 2.82. The van der Waals surface area contributed by atoms with Crippen molar-refractivity contribution in [2.24, 2.45) is 16.6 Å². The van der Waals surface area contributed by atoms with E-state index in [2.05, 4.69) is 10.3 Å². The molecule has 0 radical (unpaired) electrons. The summed E-state index contributed by atoms with van der Waals surface area (Å²) in [6.45, 7) is -1.08. The maximum absolute atomic E-state index is 11.6. The number of aliphatic hydroxyl groups is 9. The van der Waals surface area contributed by atoms with Gasteiger partial charge in [-0.3, -0.25) is 10.3 Å². The first-order valence-corrected chi connectivity index (χ1v) is 11.0. The van der Waals surface area contributed by atoms with Crippen LogP contribution >= 0.6 is 0 Å². The minimum atomic E-state index is -2.71. The van der Waals surface area contributed by atoms with Gasteiger partial charge < -0.3 is 70.6 Å². The molecule has 12 N–H and O–H groups in total. The van der Waals surface area contributed by atoms with Crippen molar-refractivity contribution in [1.29, 1.82) is 0 Å². The Morgan fingerprint density at radius 3 is 2.26 bits per heavy atom. The lowest BCUT2D eigenvalue weighted by atomic mass is 9.55. The molecule has 13 atom stereocenters. The van der Waals surface area contributed by atoms with Crippen LogP contribution in [-0.2, 0) is 18.9 Å². The summed E-state index contributed by atoms with van der Waals surface area (Å²) in [5.74, 6) is -4.12. The summed E-state index contributed by atoms with van der Waals surface area (Å²) in [6, 6.07) is 0. The van der Waals surface area contributed by atoms with Crippen molar-refractivity contribution in [2.45, 2.75) is 79.3 Å². The van der Waals surface area contributed by atoms with Crippen molar-refractivity contribution >= 4 is 6.34 Å².